The Morgan fingerprint density at radius 3 is 2.75 bits per heavy atom. The quantitative estimate of drug-likeness (QED) is 0.719. The van der Waals surface area contributed by atoms with E-state index in [1.165, 1.54) is 35.8 Å². The Bertz CT molecular complexity index is 1010. The molecule has 0 aliphatic carbocycles. The SMILES string of the molecule is CC(C(=O)NCc1ccco1)n1cnc2c1c(=O)n(C)c(=O)n2C. The Morgan fingerprint density at radius 2 is 2.08 bits per heavy atom. The largest absolute Gasteiger partial charge is 0.467 e. The minimum atomic E-state index is -0.671. The third kappa shape index (κ3) is 2.43. The number of carbonyl (C=O) groups is 1. The van der Waals surface area contributed by atoms with Crippen LogP contribution in [0, 0.1) is 0 Å². The number of nitrogens with zero attached hydrogens (tertiary/aromatic N) is 4. The summed E-state index contributed by atoms with van der Waals surface area (Å²) in [6.45, 7) is 1.91. The zero-order chi connectivity index (χ0) is 17.4. The molecule has 0 aromatic carbocycles. The van der Waals surface area contributed by atoms with Crippen LogP contribution in [0.5, 0.6) is 0 Å². The lowest BCUT2D eigenvalue weighted by atomic mass is 10.3. The predicted octanol–water partition coefficient (Wildman–Crippen LogP) is -0.0959. The van der Waals surface area contributed by atoms with E-state index in [1.54, 1.807) is 19.1 Å². The molecule has 3 aromatic heterocycles. The summed E-state index contributed by atoms with van der Waals surface area (Å²) >= 11 is 0. The van der Waals surface area contributed by atoms with Gasteiger partial charge in [0.15, 0.2) is 11.2 Å². The van der Waals surface area contributed by atoms with Crippen molar-refractivity contribution in [3.05, 3.63) is 51.3 Å². The number of aromatic nitrogens is 4. The molecule has 126 valence electrons. The molecule has 0 bridgehead atoms. The molecule has 9 heteroatoms. The molecule has 0 aliphatic rings. The molecule has 0 aliphatic heterocycles. The molecule has 3 aromatic rings. The van der Waals surface area contributed by atoms with Gasteiger partial charge in [-0.2, -0.15) is 0 Å². The van der Waals surface area contributed by atoms with Crippen molar-refractivity contribution in [2.75, 3.05) is 0 Å². The first-order valence-electron chi connectivity index (χ1n) is 7.34. The van der Waals surface area contributed by atoms with Gasteiger partial charge in [-0.15, -0.1) is 0 Å². The van der Waals surface area contributed by atoms with Crippen molar-refractivity contribution in [1.82, 2.24) is 24.0 Å². The van der Waals surface area contributed by atoms with E-state index < -0.39 is 17.3 Å². The van der Waals surface area contributed by atoms with E-state index in [0.29, 0.717) is 5.76 Å². The fourth-order valence-electron chi connectivity index (χ4n) is 2.52. The highest BCUT2D eigenvalue weighted by Gasteiger charge is 2.21. The van der Waals surface area contributed by atoms with Gasteiger partial charge in [-0.25, -0.2) is 9.78 Å². The van der Waals surface area contributed by atoms with Gasteiger partial charge >= 0.3 is 5.69 Å². The molecule has 0 fully saturated rings. The van der Waals surface area contributed by atoms with Gasteiger partial charge in [-0.3, -0.25) is 18.7 Å². The molecular formula is C15H17N5O4. The van der Waals surface area contributed by atoms with Crippen LogP contribution in [0.3, 0.4) is 0 Å². The molecule has 0 saturated heterocycles. The van der Waals surface area contributed by atoms with Crippen LogP contribution in [0.15, 0.2) is 38.7 Å². The lowest BCUT2D eigenvalue weighted by molar-refractivity contribution is -0.124. The van der Waals surface area contributed by atoms with Crippen LogP contribution in [0.1, 0.15) is 18.7 Å². The second-order valence-corrected chi connectivity index (χ2v) is 5.50. The number of rotatable bonds is 4. The van der Waals surface area contributed by atoms with Crippen molar-refractivity contribution >= 4 is 17.1 Å². The summed E-state index contributed by atoms with van der Waals surface area (Å²) in [7, 11) is 2.92. The molecule has 3 rings (SSSR count). The monoisotopic (exact) mass is 331 g/mol. The average Bonchev–Trinajstić information content (AvgIpc) is 3.24. The highest BCUT2D eigenvalue weighted by Crippen LogP contribution is 2.13. The number of fused-ring (bicyclic) bond motifs is 1. The summed E-state index contributed by atoms with van der Waals surface area (Å²) in [5.41, 5.74) is -0.502. The highest BCUT2D eigenvalue weighted by molar-refractivity contribution is 5.82. The molecule has 1 atom stereocenters. The molecule has 0 radical (unpaired) electrons. The first kappa shape index (κ1) is 15.8. The van der Waals surface area contributed by atoms with Crippen LogP contribution >= 0.6 is 0 Å². The first-order chi connectivity index (χ1) is 11.4. The lowest BCUT2D eigenvalue weighted by Gasteiger charge is -2.14. The van der Waals surface area contributed by atoms with Gasteiger partial charge in [-0.05, 0) is 19.1 Å². The lowest BCUT2D eigenvalue weighted by Crippen LogP contribution is -2.38. The number of hydrogen-bond donors (Lipinski definition) is 1. The second-order valence-electron chi connectivity index (χ2n) is 5.50. The number of furan rings is 1. The van der Waals surface area contributed by atoms with Crippen LogP contribution in [0.4, 0.5) is 0 Å². The highest BCUT2D eigenvalue weighted by atomic mass is 16.3. The van der Waals surface area contributed by atoms with E-state index in [0.717, 1.165) is 4.57 Å². The Labute approximate surface area is 136 Å². The van der Waals surface area contributed by atoms with E-state index in [1.807, 2.05) is 0 Å². The van der Waals surface area contributed by atoms with Gasteiger partial charge in [0.05, 0.1) is 19.1 Å². The Kier molecular flexibility index (Phi) is 3.84. The third-order valence-corrected chi connectivity index (χ3v) is 3.99. The maximum Gasteiger partial charge on any atom is 0.332 e. The van der Waals surface area contributed by atoms with Crippen molar-refractivity contribution in [2.45, 2.75) is 19.5 Å². The summed E-state index contributed by atoms with van der Waals surface area (Å²) in [5, 5.41) is 2.74. The molecule has 1 unspecified atom stereocenters. The molecule has 1 N–H and O–H groups in total. The average molecular weight is 331 g/mol. The zero-order valence-electron chi connectivity index (χ0n) is 13.5. The van der Waals surface area contributed by atoms with E-state index in [9.17, 15) is 14.4 Å². The second kappa shape index (κ2) is 5.84. The topological polar surface area (TPSA) is 104 Å². The van der Waals surface area contributed by atoms with Gasteiger partial charge < -0.3 is 14.3 Å². The normalized spacial score (nSPS) is 12.5. The van der Waals surface area contributed by atoms with Gasteiger partial charge in [0, 0.05) is 14.1 Å². The van der Waals surface area contributed by atoms with Crippen molar-refractivity contribution < 1.29 is 9.21 Å². The molecule has 3 heterocycles. The number of imidazole rings is 1. The van der Waals surface area contributed by atoms with E-state index in [2.05, 4.69) is 10.3 Å². The Hall–Kier alpha value is -3.10. The van der Waals surface area contributed by atoms with Gasteiger partial charge in [0.2, 0.25) is 5.91 Å². The van der Waals surface area contributed by atoms with Crippen molar-refractivity contribution in [1.29, 1.82) is 0 Å². The van der Waals surface area contributed by atoms with Crippen molar-refractivity contribution in [3.8, 4) is 0 Å². The molecule has 0 spiro atoms. The maximum atomic E-state index is 12.4. The number of amides is 1. The van der Waals surface area contributed by atoms with Gasteiger partial charge in [-0.1, -0.05) is 0 Å². The minimum absolute atomic E-state index is 0.209. The van der Waals surface area contributed by atoms with E-state index in [-0.39, 0.29) is 23.6 Å². The minimum Gasteiger partial charge on any atom is -0.467 e. The van der Waals surface area contributed by atoms with Crippen molar-refractivity contribution in [2.24, 2.45) is 14.1 Å². The molecule has 9 nitrogen and oxygen atoms in total. The van der Waals surface area contributed by atoms with E-state index in [4.69, 9.17) is 4.42 Å². The predicted molar refractivity (Wildman–Crippen MR) is 85.5 cm³/mol. The Morgan fingerprint density at radius 1 is 1.33 bits per heavy atom. The third-order valence-electron chi connectivity index (χ3n) is 3.99. The number of carbonyl (C=O) groups excluding carboxylic acids is 1. The van der Waals surface area contributed by atoms with E-state index >= 15 is 0 Å². The number of nitrogens with one attached hydrogen (secondary N) is 1. The van der Waals surface area contributed by atoms with Crippen LogP contribution in [-0.2, 0) is 25.4 Å². The summed E-state index contributed by atoms with van der Waals surface area (Å²) in [5.74, 6) is 0.339. The number of aryl methyl sites for hydroxylation is 1. The molecular weight excluding hydrogens is 314 g/mol. The molecule has 0 saturated carbocycles. The summed E-state index contributed by atoms with van der Waals surface area (Å²) in [4.78, 5) is 40.8. The molecule has 24 heavy (non-hydrogen) atoms. The zero-order valence-corrected chi connectivity index (χ0v) is 13.5. The number of hydrogen-bond acceptors (Lipinski definition) is 5. The van der Waals surface area contributed by atoms with Crippen LogP contribution < -0.4 is 16.6 Å². The van der Waals surface area contributed by atoms with Crippen LogP contribution in [0.25, 0.3) is 11.2 Å². The van der Waals surface area contributed by atoms with Gasteiger partial charge in [0.1, 0.15) is 11.8 Å². The summed E-state index contributed by atoms with van der Waals surface area (Å²) < 4.78 is 8.90. The summed E-state index contributed by atoms with van der Waals surface area (Å²) in [6, 6.07) is 2.82. The van der Waals surface area contributed by atoms with Gasteiger partial charge in [0.25, 0.3) is 5.56 Å². The summed E-state index contributed by atoms with van der Waals surface area (Å²) in [6.07, 6.45) is 2.92. The first-order valence-corrected chi connectivity index (χ1v) is 7.34. The maximum absolute atomic E-state index is 12.4. The van der Waals surface area contributed by atoms with Crippen LogP contribution in [0.2, 0.25) is 0 Å². The Balaban J connectivity index is 1.95. The smallest absolute Gasteiger partial charge is 0.332 e. The fourth-order valence-corrected chi connectivity index (χ4v) is 2.52. The standard InChI is InChI=1S/C15H17N5O4/c1-9(13(21)16-7-10-5-4-6-24-10)20-8-17-12-11(20)14(22)19(3)15(23)18(12)2/h4-6,8-9H,7H2,1-3H3,(H,16,21). The molecule has 1 amide bonds. The van der Waals surface area contributed by atoms with Crippen molar-refractivity contribution in [3.63, 3.8) is 0 Å². The van der Waals surface area contributed by atoms with Crippen LogP contribution in [-0.4, -0.2) is 24.6 Å². The fraction of sp³-hybridized carbons (Fsp3) is 0.333.